The summed E-state index contributed by atoms with van der Waals surface area (Å²) in [7, 11) is 1.78. The minimum absolute atomic E-state index is 0.0539. The predicted molar refractivity (Wildman–Crippen MR) is 136 cm³/mol. The van der Waals surface area contributed by atoms with Gasteiger partial charge in [-0.05, 0) is 48.9 Å². The first-order chi connectivity index (χ1) is 16.9. The third-order valence-electron chi connectivity index (χ3n) is 6.23. The third-order valence-corrected chi connectivity index (χ3v) is 6.23. The van der Waals surface area contributed by atoms with E-state index >= 15 is 4.39 Å². The summed E-state index contributed by atoms with van der Waals surface area (Å²) in [5.74, 6) is 0.218. The van der Waals surface area contributed by atoms with Crippen molar-refractivity contribution in [2.75, 3.05) is 32.0 Å². The van der Waals surface area contributed by atoms with Crippen molar-refractivity contribution >= 4 is 17.8 Å². The Balaban J connectivity index is 1.56. The van der Waals surface area contributed by atoms with Gasteiger partial charge in [0.05, 0.1) is 17.3 Å². The number of likely N-dealkylation sites (N-methyl/N-ethyl adjacent to an activating group) is 1. The summed E-state index contributed by atoms with van der Waals surface area (Å²) >= 11 is 0. The van der Waals surface area contributed by atoms with E-state index in [0.717, 1.165) is 30.9 Å². The number of rotatable bonds is 9. The van der Waals surface area contributed by atoms with Crippen LogP contribution in [0.15, 0.2) is 48.7 Å². The van der Waals surface area contributed by atoms with Gasteiger partial charge in [-0.15, -0.1) is 0 Å². The molecule has 8 heteroatoms. The van der Waals surface area contributed by atoms with Crippen LogP contribution in [0.5, 0.6) is 11.5 Å². The minimum atomic E-state index is -0.558. The Morgan fingerprint density at radius 2 is 1.97 bits per heavy atom. The van der Waals surface area contributed by atoms with E-state index < -0.39 is 5.82 Å². The lowest BCUT2D eigenvalue weighted by Gasteiger charge is -2.38. The lowest BCUT2D eigenvalue weighted by atomic mass is 9.98. The van der Waals surface area contributed by atoms with Gasteiger partial charge in [0.2, 0.25) is 0 Å². The molecule has 7 nitrogen and oxygen atoms in total. The first-order valence-electron chi connectivity index (χ1n) is 11.8. The molecule has 0 saturated carbocycles. The molecule has 0 unspecified atom stereocenters. The number of halogens is 1. The Morgan fingerprint density at radius 1 is 1.20 bits per heavy atom. The van der Waals surface area contributed by atoms with Crippen molar-refractivity contribution in [3.8, 4) is 22.8 Å². The molecule has 1 aliphatic rings. The Labute approximate surface area is 204 Å². The van der Waals surface area contributed by atoms with Crippen molar-refractivity contribution in [1.29, 1.82) is 5.41 Å². The van der Waals surface area contributed by atoms with Crippen molar-refractivity contribution in [3.05, 3.63) is 71.2 Å². The summed E-state index contributed by atoms with van der Waals surface area (Å²) in [6.07, 6.45) is 3.40. The number of carbonyl (C=O) groups is 1. The number of likely N-dealkylation sites (tertiary alicyclic amines) is 1. The van der Waals surface area contributed by atoms with E-state index in [1.807, 2.05) is 19.1 Å². The van der Waals surface area contributed by atoms with Gasteiger partial charge in [0.25, 0.3) is 5.91 Å². The summed E-state index contributed by atoms with van der Waals surface area (Å²) in [5, 5.41) is 13.5. The molecule has 4 rings (SSSR count). The van der Waals surface area contributed by atoms with Crippen molar-refractivity contribution in [3.63, 3.8) is 0 Å². The van der Waals surface area contributed by atoms with Crippen LogP contribution >= 0.6 is 0 Å². The fourth-order valence-corrected chi connectivity index (χ4v) is 4.23. The highest BCUT2D eigenvalue weighted by Gasteiger charge is 2.28. The second kappa shape index (κ2) is 10.7. The van der Waals surface area contributed by atoms with Crippen LogP contribution in [0.3, 0.4) is 0 Å². The molecule has 182 valence electrons. The topological polar surface area (TPSA) is 90.3 Å². The Kier molecular flexibility index (Phi) is 7.41. The number of benzene rings is 2. The molecule has 2 aromatic carbocycles. The molecule has 0 bridgehead atoms. The van der Waals surface area contributed by atoms with Crippen molar-refractivity contribution in [2.45, 2.75) is 26.3 Å². The molecule has 1 aromatic heterocycles. The van der Waals surface area contributed by atoms with Crippen LogP contribution in [0.25, 0.3) is 11.3 Å². The van der Waals surface area contributed by atoms with E-state index in [-0.39, 0.29) is 17.5 Å². The van der Waals surface area contributed by atoms with Crippen molar-refractivity contribution in [2.24, 2.45) is 0 Å². The summed E-state index contributed by atoms with van der Waals surface area (Å²) in [6.45, 7) is 6.51. The van der Waals surface area contributed by atoms with Crippen LogP contribution in [0.1, 0.15) is 35.3 Å². The monoisotopic (exact) mass is 475 g/mol. The fourth-order valence-electron chi connectivity index (χ4n) is 4.23. The summed E-state index contributed by atoms with van der Waals surface area (Å²) in [6, 6.07) is 12.1. The van der Waals surface area contributed by atoms with Gasteiger partial charge in [0, 0.05) is 61.5 Å². The van der Waals surface area contributed by atoms with Gasteiger partial charge in [-0.3, -0.25) is 14.7 Å². The third kappa shape index (κ3) is 5.33. The number of carbonyl (C=O) groups excluding carboxylic acids is 1. The summed E-state index contributed by atoms with van der Waals surface area (Å²) < 4.78 is 21.2. The molecule has 0 spiro atoms. The number of ether oxygens (including phenoxy) is 1. The smallest absolute Gasteiger partial charge is 0.254 e. The quantitative estimate of drug-likeness (QED) is 0.390. The zero-order chi connectivity index (χ0) is 24.9. The number of anilines is 1. The highest BCUT2D eigenvalue weighted by Crippen LogP contribution is 2.30. The Bertz CT molecular complexity index is 1240. The second-order valence-corrected chi connectivity index (χ2v) is 8.49. The molecule has 1 amide bonds. The second-order valence-electron chi connectivity index (χ2n) is 8.49. The van der Waals surface area contributed by atoms with Gasteiger partial charge < -0.3 is 20.8 Å². The Hall–Kier alpha value is -3.78. The highest BCUT2D eigenvalue weighted by molar-refractivity contribution is 5.97. The molecular weight excluding hydrogens is 445 g/mol. The van der Waals surface area contributed by atoms with E-state index in [4.69, 9.17) is 10.1 Å². The van der Waals surface area contributed by atoms with Crippen LogP contribution in [0, 0.1) is 11.2 Å². The van der Waals surface area contributed by atoms with Crippen LogP contribution in [0.2, 0.25) is 0 Å². The average Bonchev–Trinajstić information content (AvgIpc) is 2.85. The normalized spacial score (nSPS) is 13.7. The van der Waals surface area contributed by atoms with Crippen LogP contribution in [0.4, 0.5) is 10.1 Å². The molecule has 1 saturated heterocycles. The molecule has 3 N–H and O–H groups in total. The van der Waals surface area contributed by atoms with Crippen molar-refractivity contribution < 1.29 is 13.9 Å². The van der Waals surface area contributed by atoms with E-state index in [1.165, 1.54) is 12.3 Å². The number of nitrogens with one attached hydrogen (secondary N) is 3. The van der Waals surface area contributed by atoms with E-state index in [0.29, 0.717) is 34.7 Å². The number of hydrogen-bond donors (Lipinski definition) is 3. The maximum atomic E-state index is 15.2. The van der Waals surface area contributed by atoms with E-state index in [9.17, 15) is 4.79 Å². The van der Waals surface area contributed by atoms with Crippen LogP contribution in [-0.4, -0.2) is 54.7 Å². The number of amides is 1. The zero-order valence-corrected chi connectivity index (χ0v) is 20.2. The van der Waals surface area contributed by atoms with Crippen LogP contribution in [-0.2, 0) is 6.42 Å². The lowest BCUT2D eigenvalue weighted by Crippen LogP contribution is -2.59. The highest BCUT2D eigenvalue weighted by atomic mass is 19.1. The molecule has 1 fully saturated rings. The molecule has 1 aliphatic heterocycles. The number of nitrogens with zero attached hydrogens (tertiary/aromatic N) is 2. The fraction of sp³-hybridized carbons (Fsp3) is 0.296. The maximum absolute atomic E-state index is 15.2. The van der Waals surface area contributed by atoms with E-state index in [2.05, 4.69) is 27.4 Å². The van der Waals surface area contributed by atoms with Crippen LogP contribution < -0.4 is 15.4 Å². The number of pyridine rings is 1. The largest absolute Gasteiger partial charge is 0.457 e. The SMILES string of the molecule is CCc1cc(-c2cc(Oc3ccc(C=N)c(NC)c3)ccn2)cc(F)c1C(=O)NC1CN(CC)C1. The minimum Gasteiger partial charge on any atom is -0.457 e. The van der Waals surface area contributed by atoms with Gasteiger partial charge in [-0.1, -0.05) is 13.8 Å². The molecule has 0 aliphatic carbocycles. The Morgan fingerprint density at radius 3 is 2.66 bits per heavy atom. The first kappa shape index (κ1) is 24.3. The molecule has 3 aromatic rings. The standard InChI is InChI=1S/C27H30FN5O2/c1-4-17-10-19(11-23(28)26(17)27(34)32-20-15-33(5-2)16-20)25-13-22(8-9-31-25)35-21-7-6-18(14-29)24(12-21)30-3/h6-14,20,29-30H,4-5,15-16H2,1-3H3,(H,32,34). The van der Waals surface area contributed by atoms with E-state index in [1.54, 1.807) is 37.5 Å². The summed E-state index contributed by atoms with van der Waals surface area (Å²) in [4.78, 5) is 19.4. The lowest BCUT2D eigenvalue weighted by molar-refractivity contribution is 0.0820. The van der Waals surface area contributed by atoms with Gasteiger partial charge in [0.1, 0.15) is 17.3 Å². The zero-order valence-electron chi connectivity index (χ0n) is 20.2. The van der Waals surface area contributed by atoms with Gasteiger partial charge in [-0.25, -0.2) is 4.39 Å². The molecule has 0 atom stereocenters. The predicted octanol–water partition coefficient (Wildman–Crippen LogP) is 4.72. The molecular formula is C27H30FN5O2. The van der Waals surface area contributed by atoms with Gasteiger partial charge in [0.15, 0.2) is 0 Å². The molecule has 2 heterocycles. The van der Waals surface area contributed by atoms with Crippen molar-refractivity contribution in [1.82, 2.24) is 15.2 Å². The number of aromatic nitrogens is 1. The average molecular weight is 476 g/mol. The molecule has 35 heavy (non-hydrogen) atoms. The summed E-state index contributed by atoms with van der Waals surface area (Å²) in [5.41, 5.74) is 3.40. The molecule has 0 radical (unpaired) electrons. The van der Waals surface area contributed by atoms with Gasteiger partial charge >= 0.3 is 0 Å². The number of hydrogen-bond acceptors (Lipinski definition) is 6. The number of aryl methyl sites for hydroxylation is 1. The van der Waals surface area contributed by atoms with Gasteiger partial charge in [-0.2, -0.15) is 0 Å². The maximum Gasteiger partial charge on any atom is 0.254 e. The first-order valence-corrected chi connectivity index (χ1v) is 11.8.